The number of halogens is 1. The predicted molar refractivity (Wildman–Crippen MR) is 87.9 cm³/mol. The standard InChI is InChI=1S/C15H22BrNO2S/c1-3-19-14(18)15(2,17)10-6-7-11-20-13-9-5-4-8-12(13)16/h4-5,8-9H,3,6-7,10-11,17H2,1-2H3. The summed E-state index contributed by atoms with van der Waals surface area (Å²) < 4.78 is 6.10. The van der Waals surface area contributed by atoms with Gasteiger partial charge in [-0.3, -0.25) is 4.79 Å². The third-order valence-electron chi connectivity index (χ3n) is 2.93. The number of thioether (sulfide) groups is 1. The molecule has 0 aliphatic carbocycles. The smallest absolute Gasteiger partial charge is 0.325 e. The summed E-state index contributed by atoms with van der Waals surface area (Å²) in [5.41, 5.74) is 5.11. The Morgan fingerprint density at radius 1 is 1.40 bits per heavy atom. The van der Waals surface area contributed by atoms with Gasteiger partial charge in [-0.25, -0.2) is 0 Å². The van der Waals surface area contributed by atoms with Crippen LogP contribution in [-0.4, -0.2) is 23.9 Å². The number of benzene rings is 1. The van der Waals surface area contributed by atoms with E-state index in [9.17, 15) is 4.79 Å². The van der Waals surface area contributed by atoms with Crippen LogP contribution in [0.15, 0.2) is 33.6 Å². The number of rotatable bonds is 8. The van der Waals surface area contributed by atoms with E-state index in [1.165, 1.54) is 4.90 Å². The maximum Gasteiger partial charge on any atom is 0.325 e. The Morgan fingerprint density at radius 3 is 2.75 bits per heavy atom. The van der Waals surface area contributed by atoms with Crippen molar-refractivity contribution in [1.29, 1.82) is 0 Å². The maximum atomic E-state index is 11.6. The van der Waals surface area contributed by atoms with Crippen molar-refractivity contribution in [3.05, 3.63) is 28.7 Å². The molecule has 0 radical (unpaired) electrons. The predicted octanol–water partition coefficient (Wildman–Crippen LogP) is 3.99. The Bertz CT molecular complexity index is 438. The summed E-state index contributed by atoms with van der Waals surface area (Å²) in [5.74, 6) is 0.708. The van der Waals surface area contributed by atoms with E-state index >= 15 is 0 Å². The molecule has 0 aromatic heterocycles. The second kappa shape index (κ2) is 8.70. The number of hydrogen-bond acceptors (Lipinski definition) is 4. The van der Waals surface area contributed by atoms with Crippen molar-refractivity contribution in [2.45, 2.75) is 43.5 Å². The molecule has 0 aliphatic rings. The van der Waals surface area contributed by atoms with Crippen molar-refractivity contribution >= 4 is 33.7 Å². The Hall–Kier alpha value is -0.520. The van der Waals surface area contributed by atoms with E-state index in [0.717, 1.165) is 23.1 Å². The maximum absolute atomic E-state index is 11.6. The fraction of sp³-hybridized carbons (Fsp3) is 0.533. The molecular weight excluding hydrogens is 338 g/mol. The Morgan fingerprint density at radius 2 is 2.10 bits per heavy atom. The molecule has 0 amide bonds. The van der Waals surface area contributed by atoms with Gasteiger partial charge in [0.2, 0.25) is 0 Å². The highest BCUT2D eigenvalue weighted by molar-refractivity contribution is 9.10. The summed E-state index contributed by atoms with van der Waals surface area (Å²) in [7, 11) is 0. The molecule has 0 bridgehead atoms. The first kappa shape index (κ1) is 17.5. The average Bonchev–Trinajstić information content (AvgIpc) is 2.40. The van der Waals surface area contributed by atoms with Crippen LogP contribution in [0, 0.1) is 0 Å². The normalized spacial score (nSPS) is 13.8. The van der Waals surface area contributed by atoms with Gasteiger partial charge in [0.05, 0.1) is 6.61 Å². The van der Waals surface area contributed by atoms with Crippen molar-refractivity contribution in [3.63, 3.8) is 0 Å². The lowest BCUT2D eigenvalue weighted by Crippen LogP contribution is -2.46. The zero-order chi connectivity index (χ0) is 15.0. The molecule has 1 rings (SSSR count). The first-order chi connectivity index (χ1) is 9.47. The third-order valence-corrected chi connectivity index (χ3v) is 5.04. The van der Waals surface area contributed by atoms with Crippen molar-refractivity contribution in [2.75, 3.05) is 12.4 Å². The van der Waals surface area contributed by atoms with Crippen LogP contribution in [0.5, 0.6) is 0 Å². The van der Waals surface area contributed by atoms with Crippen LogP contribution in [0.2, 0.25) is 0 Å². The van der Waals surface area contributed by atoms with Gasteiger partial charge >= 0.3 is 5.97 Å². The highest BCUT2D eigenvalue weighted by Gasteiger charge is 2.28. The number of unbranched alkanes of at least 4 members (excludes halogenated alkanes) is 1. The second-order valence-electron chi connectivity index (χ2n) is 4.87. The van der Waals surface area contributed by atoms with E-state index in [1.54, 1.807) is 13.8 Å². The molecule has 2 N–H and O–H groups in total. The molecular formula is C15H22BrNO2S. The van der Waals surface area contributed by atoms with Gasteiger partial charge in [0, 0.05) is 9.37 Å². The number of hydrogen-bond donors (Lipinski definition) is 1. The molecule has 0 saturated heterocycles. The second-order valence-corrected chi connectivity index (χ2v) is 6.87. The molecule has 0 aliphatic heterocycles. The van der Waals surface area contributed by atoms with Crippen LogP contribution in [0.4, 0.5) is 0 Å². The van der Waals surface area contributed by atoms with Crippen molar-refractivity contribution in [1.82, 2.24) is 0 Å². The molecule has 1 unspecified atom stereocenters. The summed E-state index contributed by atoms with van der Waals surface area (Å²) in [6.07, 6.45) is 2.60. The summed E-state index contributed by atoms with van der Waals surface area (Å²) in [4.78, 5) is 12.9. The Labute approximate surface area is 133 Å². The highest BCUT2D eigenvalue weighted by atomic mass is 79.9. The summed E-state index contributed by atoms with van der Waals surface area (Å²) in [6, 6.07) is 8.18. The first-order valence-corrected chi connectivity index (χ1v) is 8.58. The lowest BCUT2D eigenvalue weighted by Gasteiger charge is -2.21. The van der Waals surface area contributed by atoms with Gasteiger partial charge in [0.25, 0.3) is 0 Å². The van der Waals surface area contributed by atoms with Gasteiger partial charge in [-0.05, 0) is 60.5 Å². The van der Waals surface area contributed by atoms with Gasteiger partial charge in [-0.2, -0.15) is 0 Å². The Balaban J connectivity index is 2.25. The minimum absolute atomic E-state index is 0.307. The number of carbonyl (C=O) groups excluding carboxylic acids is 1. The van der Waals surface area contributed by atoms with Gasteiger partial charge in [-0.15, -0.1) is 11.8 Å². The van der Waals surface area contributed by atoms with Crippen molar-refractivity contribution in [3.8, 4) is 0 Å². The van der Waals surface area contributed by atoms with Gasteiger partial charge < -0.3 is 10.5 Å². The lowest BCUT2D eigenvalue weighted by molar-refractivity contribution is -0.149. The van der Waals surface area contributed by atoms with Crippen LogP contribution < -0.4 is 5.73 Å². The molecule has 1 atom stereocenters. The number of carbonyl (C=O) groups is 1. The number of nitrogens with two attached hydrogens (primary N) is 1. The lowest BCUT2D eigenvalue weighted by atomic mass is 9.96. The van der Waals surface area contributed by atoms with Crippen LogP contribution in [0.25, 0.3) is 0 Å². The number of ether oxygens (including phenoxy) is 1. The molecule has 0 heterocycles. The quantitative estimate of drug-likeness (QED) is 0.433. The summed E-state index contributed by atoms with van der Waals surface area (Å²) in [5, 5.41) is 0. The minimum Gasteiger partial charge on any atom is -0.465 e. The molecule has 3 nitrogen and oxygen atoms in total. The van der Waals surface area contributed by atoms with Crippen LogP contribution in [0.1, 0.15) is 33.1 Å². The molecule has 5 heteroatoms. The van der Waals surface area contributed by atoms with Crippen LogP contribution in [-0.2, 0) is 9.53 Å². The topological polar surface area (TPSA) is 52.3 Å². The van der Waals surface area contributed by atoms with Crippen LogP contribution in [0.3, 0.4) is 0 Å². The highest BCUT2D eigenvalue weighted by Crippen LogP contribution is 2.28. The fourth-order valence-electron chi connectivity index (χ4n) is 1.74. The first-order valence-electron chi connectivity index (χ1n) is 6.81. The zero-order valence-corrected chi connectivity index (χ0v) is 14.4. The van der Waals surface area contributed by atoms with Gasteiger partial charge in [0.15, 0.2) is 0 Å². The third kappa shape index (κ3) is 5.85. The van der Waals surface area contributed by atoms with E-state index in [1.807, 2.05) is 30.0 Å². The zero-order valence-electron chi connectivity index (χ0n) is 12.0. The molecule has 112 valence electrons. The largest absolute Gasteiger partial charge is 0.465 e. The van der Waals surface area contributed by atoms with E-state index < -0.39 is 5.54 Å². The molecule has 0 fully saturated rings. The summed E-state index contributed by atoms with van der Waals surface area (Å²) in [6.45, 7) is 3.91. The fourth-order valence-corrected chi connectivity index (χ4v) is 3.31. The molecule has 0 spiro atoms. The molecule has 20 heavy (non-hydrogen) atoms. The SMILES string of the molecule is CCOC(=O)C(C)(N)CCCCSc1ccccc1Br. The van der Waals surface area contributed by atoms with E-state index in [-0.39, 0.29) is 5.97 Å². The van der Waals surface area contributed by atoms with Crippen molar-refractivity contribution in [2.24, 2.45) is 5.73 Å². The summed E-state index contributed by atoms with van der Waals surface area (Å²) >= 11 is 5.34. The average molecular weight is 360 g/mol. The minimum atomic E-state index is -0.867. The van der Waals surface area contributed by atoms with Gasteiger partial charge in [0.1, 0.15) is 5.54 Å². The van der Waals surface area contributed by atoms with E-state index in [0.29, 0.717) is 13.0 Å². The molecule has 0 saturated carbocycles. The molecule has 1 aromatic rings. The van der Waals surface area contributed by atoms with Gasteiger partial charge in [-0.1, -0.05) is 18.6 Å². The monoisotopic (exact) mass is 359 g/mol. The van der Waals surface area contributed by atoms with Crippen molar-refractivity contribution < 1.29 is 9.53 Å². The van der Waals surface area contributed by atoms with E-state index in [4.69, 9.17) is 10.5 Å². The number of esters is 1. The van der Waals surface area contributed by atoms with E-state index in [2.05, 4.69) is 22.0 Å². The Kier molecular flexibility index (Phi) is 7.62. The molecule has 1 aromatic carbocycles. The van der Waals surface area contributed by atoms with Crippen LogP contribution >= 0.6 is 27.7 Å².